The third kappa shape index (κ3) is 3.39. The molecule has 2 nitrogen and oxygen atoms in total. The predicted molar refractivity (Wildman–Crippen MR) is 77.0 cm³/mol. The van der Waals surface area contributed by atoms with Crippen molar-refractivity contribution in [1.29, 1.82) is 0 Å². The molecule has 2 aromatic carbocycles. The maximum Gasteiger partial charge on any atom is 0.488 e. The lowest BCUT2D eigenvalue weighted by Gasteiger charge is -2.08. The summed E-state index contributed by atoms with van der Waals surface area (Å²) in [4.78, 5) is 1.18. The molecule has 92 valence electrons. The third-order valence-corrected chi connectivity index (χ3v) is 3.81. The van der Waals surface area contributed by atoms with E-state index in [1.54, 1.807) is 17.8 Å². The summed E-state index contributed by atoms with van der Waals surface area (Å²) in [5.74, 6) is 0.733. The molecule has 0 bridgehead atoms. The fraction of sp³-hybridized carbons (Fsp3) is 0.143. The van der Waals surface area contributed by atoms with Crippen LogP contribution in [-0.4, -0.2) is 17.2 Å². The van der Waals surface area contributed by atoms with E-state index in [2.05, 4.69) is 31.2 Å². The van der Waals surface area contributed by atoms with Gasteiger partial charge in [0.25, 0.3) is 0 Å². The van der Waals surface area contributed by atoms with Crippen LogP contribution in [0.15, 0.2) is 53.4 Å². The zero-order valence-corrected chi connectivity index (χ0v) is 11.0. The highest BCUT2D eigenvalue weighted by Gasteiger charge is 2.14. The fourth-order valence-corrected chi connectivity index (χ4v) is 2.63. The molecule has 2 rings (SSSR count). The van der Waals surface area contributed by atoms with E-state index in [1.165, 1.54) is 10.5 Å². The lowest BCUT2D eigenvalue weighted by atomic mass is 9.77. The van der Waals surface area contributed by atoms with Gasteiger partial charge in [-0.2, -0.15) is 0 Å². The minimum atomic E-state index is -1.40. The van der Waals surface area contributed by atoms with E-state index in [1.807, 2.05) is 18.2 Å². The van der Waals surface area contributed by atoms with Gasteiger partial charge in [-0.05, 0) is 30.1 Å². The van der Waals surface area contributed by atoms with Gasteiger partial charge in [0.05, 0.1) is 0 Å². The smallest absolute Gasteiger partial charge is 0.423 e. The molecule has 0 aliphatic heterocycles. The second-order valence-corrected chi connectivity index (χ2v) is 5.22. The fourth-order valence-electron chi connectivity index (χ4n) is 1.71. The van der Waals surface area contributed by atoms with E-state index in [-0.39, 0.29) is 0 Å². The molecule has 0 aliphatic rings. The molecule has 4 heteroatoms. The zero-order chi connectivity index (χ0) is 13.0. The molecule has 0 radical (unpaired) electrons. The molecule has 2 aromatic rings. The van der Waals surface area contributed by atoms with Crippen molar-refractivity contribution in [3.05, 3.63) is 59.7 Å². The van der Waals surface area contributed by atoms with Crippen LogP contribution in [0, 0.1) is 6.92 Å². The summed E-state index contributed by atoms with van der Waals surface area (Å²) in [5.41, 5.74) is 2.78. The molecule has 0 amide bonds. The summed E-state index contributed by atoms with van der Waals surface area (Å²) < 4.78 is 0. The highest BCUT2D eigenvalue weighted by molar-refractivity contribution is 7.98. The average Bonchev–Trinajstić information content (AvgIpc) is 2.38. The van der Waals surface area contributed by atoms with E-state index in [9.17, 15) is 10.0 Å². The van der Waals surface area contributed by atoms with Gasteiger partial charge >= 0.3 is 7.12 Å². The van der Waals surface area contributed by atoms with Crippen molar-refractivity contribution >= 4 is 24.3 Å². The lowest BCUT2D eigenvalue weighted by molar-refractivity contribution is 0.425. The summed E-state index contributed by atoms with van der Waals surface area (Å²) >= 11 is 1.69. The van der Waals surface area contributed by atoms with E-state index < -0.39 is 7.12 Å². The van der Waals surface area contributed by atoms with Crippen LogP contribution in [0.3, 0.4) is 0 Å². The van der Waals surface area contributed by atoms with Crippen molar-refractivity contribution in [2.24, 2.45) is 0 Å². The van der Waals surface area contributed by atoms with Gasteiger partial charge in [-0.3, -0.25) is 0 Å². The summed E-state index contributed by atoms with van der Waals surface area (Å²) in [7, 11) is -1.40. The van der Waals surface area contributed by atoms with Crippen LogP contribution in [0.25, 0.3) is 0 Å². The maximum absolute atomic E-state index is 9.28. The molecule has 0 unspecified atom stereocenters. The summed E-state index contributed by atoms with van der Waals surface area (Å²) in [6, 6.07) is 15.7. The number of aryl methyl sites for hydroxylation is 1. The molecule has 2 N–H and O–H groups in total. The molecule has 0 spiro atoms. The Balaban J connectivity index is 2.08. The van der Waals surface area contributed by atoms with Crippen LogP contribution in [0.2, 0.25) is 0 Å². The van der Waals surface area contributed by atoms with Gasteiger partial charge in [0.1, 0.15) is 0 Å². The topological polar surface area (TPSA) is 40.5 Å². The first-order chi connectivity index (χ1) is 8.66. The van der Waals surface area contributed by atoms with Crippen LogP contribution in [0.4, 0.5) is 0 Å². The van der Waals surface area contributed by atoms with Gasteiger partial charge < -0.3 is 10.0 Å². The van der Waals surface area contributed by atoms with Crippen LogP contribution in [-0.2, 0) is 5.75 Å². The first kappa shape index (κ1) is 13.2. The van der Waals surface area contributed by atoms with E-state index in [0.717, 1.165) is 11.3 Å². The normalized spacial score (nSPS) is 10.4. The molecule has 0 saturated carbocycles. The SMILES string of the molecule is Cc1ccc(SCc2ccccc2B(O)O)cc1. The number of hydrogen-bond acceptors (Lipinski definition) is 3. The Kier molecular flexibility index (Phi) is 4.47. The molecular formula is C14H15BO2S. The van der Waals surface area contributed by atoms with E-state index in [4.69, 9.17) is 0 Å². The minimum Gasteiger partial charge on any atom is -0.423 e. The molecule has 0 aliphatic carbocycles. The zero-order valence-electron chi connectivity index (χ0n) is 10.2. The summed E-state index contributed by atoms with van der Waals surface area (Å²) in [6.45, 7) is 2.06. The highest BCUT2D eigenvalue weighted by atomic mass is 32.2. The van der Waals surface area contributed by atoms with Crippen molar-refractivity contribution in [1.82, 2.24) is 0 Å². The number of benzene rings is 2. The van der Waals surface area contributed by atoms with Crippen molar-refractivity contribution in [2.75, 3.05) is 0 Å². The second kappa shape index (κ2) is 6.09. The molecule has 0 atom stereocenters. The summed E-state index contributed by atoms with van der Waals surface area (Å²) in [6.07, 6.45) is 0. The van der Waals surface area contributed by atoms with Crippen LogP contribution in [0.1, 0.15) is 11.1 Å². The van der Waals surface area contributed by atoms with E-state index in [0.29, 0.717) is 5.46 Å². The van der Waals surface area contributed by atoms with Gasteiger partial charge in [-0.25, -0.2) is 0 Å². The van der Waals surface area contributed by atoms with Gasteiger partial charge in [-0.15, -0.1) is 11.8 Å². The molecular weight excluding hydrogens is 243 g/mol. The minimum absolute atomic E-state index is 0.581. The quantitative estimate of drug-likeness (QED) is 0.650. The van der Waals surface area contributed by atoms with Crippen LogP contribution in [0.5, 0.6) is 0 Å². The van der Waals surface area contributed by atoms with Crippen molar-refractivity contribution in [2.45, 2.75) is 17.6 Å². The second-order valence-electron chi connectivity index (χ2n) is 4.17. The molecule has 0 aromatic heterocycles. The van der Waals surface area contributed by atoms with Crippen molar-refractivity contribution in [3.8, 4) is 0 Å². The standard InChI is InChI=1S/C14H15BO2S/c1-11-6-8-13(9-7-11)18-10-12-4-2-3-5-14(12)15(16)17/h2-9,16-17H,10H2,1H3. The third-order valence-electron chi connectivity index (χ3n) is 2.75. The first-order valence-corrected chi connectivity index (χ1v) is 6.79. The Labute approximate surface area is 112 Å². The molecule has 0 heterocycles. The highest BCUT2D eigenvalue weighted by Crippen LogP contribution is 2.22. The first-order valence-electron chi connectivity index (χ1n) is 5.80. The van der Waals surface area contributed by atoms with E-state index >= 15 is 0 Å². The number of hydrogen-bond donors (Lipinski definition) is 2. The largest absolute Gasteiger partial charge is 0.488 e. The van der Waals surface area contributed by atoms with Gasteiger partial charge in [-0.1, -0.05) is 42.0 Å². The Morgan fingerprint density at radius 3 is 2.33 bits per heavy atom. The number of rotatable bonds is 4. The Morgan fingerprint density at radius 2 is 1.67 bits per heavy atom. The lowest BCUT2D eigenvalue weighted by Crippen LogP contribution is -2.32. The average molecular weight is 258 g/mol. The Bertz CT molecular complexity index is 511. The van der Waals surface area contributed by atoms with Gasteiger partial charge in [0.15, 0.2) is 0 Å². The van der Waals surface area contributed by atoms with Gasteiger partial charge in [0, 0.05) is 10.6 Å². The molecule has 0 fully saturated rings. The molecule has 0 saturated heterocycles. The Morgan fingerprint density at radius 1 is 1.00 bits per heavy atom. The number of thioether (sulfide) groups is 1. The predicted octanol–water partition coefficient (Wildman–Crippen LogP) is 1.97. The van der Waals surface area contributed by atoms with Crippen LogP contribution < -0.4 is 5.46 Å². The van der Waals surface area contributed by atoms with Crippen molar-refractivity contribution in [3.63, 3.8) is 0 Å². The monoisotopic (exact) mass is 258 g/mol. The van der Waals surface area contributed by atoms with Crippen molar-refractivity contribution < 1.29 is 10.0 Å². The Hall–Kier alpha value is -1.23. The maximum atomic E-state index is 9.28. The van der Waals surface area contributed by atoms with Gasteiger partial charge in [0.2, 0.25) is 0 Å². The summed E-state index contributed by atoms with van der Waals surface area (Å²) in [5, 5.41) is 18.6. The molecule has 18 heavy (non-hydrogen) atoms. The van der Waals surface area contributed by atoms with Crippen LogP contribution >= 0.6 is 11.8 Å².